The molecule has 1 saturated heterocycles. The van der Waals surface area contributed by atoms with E-state index in [9.17, 15) is 4.79 Å². The summed E-state index contributed by atoms with van der Waals surface area (Å²) in [6, 6.07) is 0.552. The normalized spacial score (nSPS) is 28.4. The quantitative estimate of drug-likeness (QED) is 0.928. The molecule has 0 bridgehead atoms. The van der Waals surface area contributed by atoms with Gasteiger partial charge in [0, 0.05) is 36.8 Å². The van der Waals surface area contributed by atoms with Gasteiger partial charge < -0.3 is 15.0 Å². The van der Waals surface area contributed by atoms with Crippen molar-refractivity contribution < 1.29 is 9.53 Å². The highest BCUT2D eigenvalue weighted by Gasteiger charge is 2.56. The molecule has 2 fully saturated rings. The van der Waals surface area contributed by atoms with Crippen LogP contribution in [-0.4, -0.2) is 40.7 Å². The van der Waals surface area contributed by atoms with Crippen LogP contribution in [-0.2, 0) is 11.3 Å². The molecule has 2 unspecified atom stereocenters. The minimum absolute atomic E-state index is 0.175. The standard InChI is InChI=1S/C14H21N3O2S/c1-14(2,3)19-13(18)17-6-10-11(7-17)12(10)16-5-9-4-15-8-20-9/h4,8,10-12,16H,5-7H2,1-3H3. The zero-order valence-corrected chi connectivity index (χ0v) is 12.9. The zero-order valence-electron chi connectivity index (χ0n) is 12.1. The maximum atomic E-state index is 12.0. The summed E-state index contributed by atoms with van der Waals surface area (Å²) in [4.78, 5) is 19.1. The van der Waals surface area contributed by atoms with E-state index in [-0.39, 0.29) is 6.09 Å². The molecule has 1 aromatic heterocycles. The molecule has 110 valence electrons. The summed E-state index contributed by atoms with van der Waals surface area (Å²) in [6.07, 6.45) is 1.73. The van der Waals surface area contributed by atoms with Gasteiger partial charge in [-0.25, -0.2) is 4.79 Å². The van der Waals surface area contributed by atoms with Crippen LogP contribution in [0.4, 0.5) is 4.79 Å². The van der Waals surface area contributed by atoms with Crippen molar-refractivity contribution in [1.29, 1.82) is 0 Å². The van der Waals surface area contributed by atoms with E-state index in [1.54, 1.807) is 11.3 Å². The summed E-state index contributed by atoms with van der Waals surface area (Å²) in [7, 11) is 0. The van der Waals surface area contributed by atoms with Gasteiger partial charge in [0.15, 0.2) is 0 Å². The van der Waals surface area contributed by atoms with Crippen LogP contribution in [0, 0.1) is 11.8 Å². The molecule has 5 nitrogen and oxygen atoms in total. The molecule has 0 aromatic carbocycles. The summed E-state index contributed by atoms with van der Waals surface area (Å²) < 4.78 is 5.40. The fourth-order valence-electron chi connectivity index (χ4n) is 2.85. The van der Waals surface area contributed by atoms with Crippen LogP contribution in [0.25, 0.3) is 0 Å². The molecule has 1 aliphatic heterocycles. The lowest BCUT2D eigenvalue weighted by Gasteiger charge is -2.26. The number of nitrogens with one attached hydrogen (secondary N) is 1. The number of amides is 1. The Bertz CT molecular complexity index is 471. The number of carbonyl (C=O) groups is 1. The highest BCUT2D eigenvalue weighted by atomic mass is 32.1. The number of fused-ring (bicyclic) bond motifs is 1. The second kappa shape index (κ2) is 5.00. The number of thiazole rings is 1. The van der Waals surface area contributed by atoms with E-state index < -0.39 is 5.60 Å². The number of carbonyl (C=O) groups excluding carboxylic acids is 1. The predicted octanol–water partition coefficient (Wildman–Crippen LogP) is 2.10. The van der Waals surface area contributed by atoms with Crippen molar-refractivity contribution in [3.8, 4) is 0 Å². The molecule has 2 heterocycles. The Labute approximate surface area is 123 Å². The van der Waals surface area contributed by atoms with Crippen LogP contribution in [0.3, 0.4) is 0 Å². The number of aromatic nitrogens is 1. The lowest BCUT2D eigenvalue weighted by atomic mass is 10.2. The lowest BCUT2D eigenvalue weighted by Crippen LogP contribution is -2.39. The largest absolute Gasteiger partial charge is 0.444 e. The first-order valence-electron chi connectivity index (χ1n) is 7.03. The number of piperidine rings is 1. The number of nitrogens with zero attached hydrogens (tertiary/aromatic N) is 2. The van der Waals surface area contributed by atoms with Crippen molar-refractivity contribution in [2.75, 3.05) is 13.1 Å². The minimum Gasteiger partial charge on any atom is -0.444 e. The van der Waals surface area contributed by atoms with Crippen LogP contribution in [0.15, 0.2) is 11.7 Å². The van der Waals surface area contributed by atoms with E-state index >= 15 is 0 Å². The molecule has 1 amide bonds. The van der Waals surface area contributed by atoms with Gasteiger partial charge in [-0.3, -0.25) is 4.98 Å². The number of rotatable bonds is 3. The zero-order chi connectivity index (χ0) is 14.3. The van der Waals surface area contributed by atoms with Gasteiger partial charge in [-0.2, -0.15) is 0 Å². The van der Waals surface area contributed by atoms with Crippen LogP contribution in [0.2, 0.25) is 0 Å². The van der Waals surface area contributed by atoms with Gasteiger partial charge in [0.25, 0.3) is 0 Å². The van der Waals surface area contributed by atoms with Gasteiger partial charge in [-0.05, 0) is 32.6 Å². The topological polar surface area (TPSA) is 54.5 Å². The first-order chi connectivity index (χ1) is 9.44. The maximum Gasteiger partial charge on any atom is 0.410 e. The Hall–Kier alpha value is -1.14. The van der Waals surface area contributed by atoms with Crippen LogP contribution in [0.1, 0.15) is 25.6 Å². The molecule has 6 heteroatoms. The molecular weight excluding hydrogens is 274 g/mol. The summed E-state index contributed by atoms with van der Waals surface area (Å²) >= 11 is 1.67. The smallest absolute Gasteiger partial charge is 0.410 e. The number of ether oxygens (including phenoxy) is 1. The second-order valence-corrected chi connectivity index (χ2v) is 7.56. The van der Waals surface area contributed by atoms with Gasteiger partial charge in [-0.1, -0.05) is 0 Å². The molecule has 2 aliphatic rings. The summed E-state index contributed by atoms with van der Waals surface area (Å²) in [5, 5.41) is 3.56. The average Bonchev–Trinajstić information content (AvgIpc) is 2.78. The fraction of sp³-hybridized carbons (Fsp3) is 0.714. The number of likely N-dealkylation sites (tertiary alicyclic amines) is 1. The molecule has 1 aliphatic carbocycles. The molecule has 3 rings (SSSR count). The fourth-order valence-corrected chi connectivity index (χ4v) is 3.40. The van der Waals surface area contributed by atoms with Gasteiger partial charge in [0.05, 0.1) is 5.51 Å². The van der Waals surface area contributed by atoms with Gasteiger partial charge in [-0.15, -0.1) is 11.3 Å². The van der Waals surface area contributed by atoms with E-state index in [2.05, 4.69) is 10.3 Å². The molecule has 1 N–H and O–H groups in total. The van der Waals surface area contributed by atoms with Gasteiger partial charge >= 0.3 is 6.09 Å². The Morgan fingerprint density at radius 1 is 1.50 bits per heavy atom. The molecule has 20 heavy (non-hydrogen) atoms. The van der Waals surface area contributed by atoms with Crippen LogP contribution >= 0.6 is 11.3 Å². The monoisotopic (exact) mass is 295 g/mol. The Kier molecular flexibility index (Phi) is 3.46. The Balaban J connectivity index is 1.43. The van der Waals surface area contributed by atoms with E-state index in [0.29, 0.717) is 17.9 Å². The number of hydrogen-bond donors (Lipinski definition) is 1. The van der Waals surface area contributed by atoms with Crippen molar-refractivity contribution in [2.45, 2.75) is 39.0 Å². The van der Waals surface area contributed by atoms with Crippen molar-refractivity contribution in [3.05, 3.63) is 16.6 Å². The summed E-state index contributed by atoms with van der Waals surface area (Å²) in [5.74, 6) is 1.19. The van der Waals surface area contributed by atoms with Crippen molar-refractivity contribution in [3.63, 3.8) is 0 Å². The first-order valence-corrected chi connectivity index (χ1v) is 7.91. The van der Waals surface area contributed by atoms with Crippen molar-refractivity contribution in [2.24, 2.45) is 11.8 Å². The minimum atomic E-state index is -0.409. The summed E-state index contributed by atoms with van der Waals surface area (Å²) in [5.41, 5.74) is 1.45. The van der Waals surface area contributed by atoms with Gasteiger partial charge in [0.2, 0.25) is 0 Å². The molecular formula is C14H21N3O2S. The van der Waals surface area contributed by atoms with Crippen molar-refractivity contribution in [1.82, 2.24) is 15.2 Å². The second-order valence-electron chi connectivity index (χ2n) is 6.59. The van der Waals surface area contributed by atoms with E-state index in [1.807, 2.05) is 37.4 Å². The molecule has 1 saturated carbocycles. The van der Waals surface area contributed by atoms with Crippen LogP contribution in [0.5, 0.6) is 0 Å². The third-order valence-corrected chi connectivity index (χ3v) is 4.62. The van der Waals surface area contributed by atoms with Crippen LogP contribution < -0.4 is 5.32 Å². The van der Waals surface area contributed by atoms with Gasteiger partial charge in [0.1, 0.15) is 5.60 Å². The average molecular weight is 295 g/mol. The number of hydrogen-bond acceptors (Lipinski definition) is 5. The van der Waals surface area contributed by atoms with E-state index in [0.717, 1.165) is 19.6 Å². The molecule has 2 atom stereocenters. The Morgan fingerprint density at radius 3 is 2.75 bits per heavy atom. The molecule has 0 spiro atoms. The summed E-state index contributed by atoms with van der Waals surface area (Å²) in [6.45, 7) is 8.23. The van der Waals surface area contributed by atoms with Crippen molar-refractivity contribution >= 4 is 17.4 Å². The predicted molar refractivity (Wildman–Crippen MR) is 77.5 cm³/mol. The Morgan fingerprint density at radius 2 is 2.20 bits per heavy atom. The van der Waals surface area contributed by atoms with E-state index in [4.69, 9.17) is 4.74 Å². The van der Waals surface area contributed by atoms with E-state index in [1.165, 1.54) is 4.88 Å². The lowest BCUT2D eigenvalue weighted by molar-refractivity contribution is 0.0269. The molecule has 0 radical (unpaired) electrons. The highest BCUT2D eigenvalue weighted by molar-refractivity contribution is 7.09. The third-order valence-electron chi connectivity index (χ3n) is 3.84. The maximum absolute atomic E-state index is 12.0. The third kappa shape index (κ3) is 2.96. The highest BCUT2D eigenvalue weighted by Crippen LogP contribution is 2.45. The SMILES string of the molecule is CC(C)(C)OC(=O)N1CC2C(C1)C2NCc1cncs1. The first kappa shape index (κ1) is 13.8. The molecule has 1 aromatic rings.